The van der Waals surface area contributed by atoms with Gasteiger partial charge in [0.25, 0.3) is 0 Å². The van der Waals surface area contributed by atoms with Crippen LogP contribution in [0.4, 0.5) is 0 Å². The molecule has 2 aromatic heterocycles. The second-order valence-electron chi connectivity index (χ2n) is 26.5. The molecular weight excluding hydrogens is 1280 g/mol. The predicted octanol–water partition coefficient (Wildman–Crippen LogP) is 29.7. The molecule has 0 aliphatic heterocycles. The lowest BCUT2D eigenvalue weighted by atomic mass is 9.84. The molecule has 0 N–H and O–H groups in total. The monoisotopic (exact) mass is 1360 g/mol. The van der Waals surface area contributed by atoms with E-state index in [0.717, 1.165) is 152 Å². The van der Waals surface area contributed by atoms with Gasteiger partial charge in [-0.3, -0.25) is 0 Å². The fourth-order valence-electron chi connectivity index (χ4n) is 16.3. The van der Waals surface area contributed by atoms with Gasteiger partial charge in [0.15, 0.2) is 0 Å². The van der Waals surface area contributed by atoms with Crippen molar-refractivity contribution in [1.82, 2.24) is 0 Å². The van der Waals surface area contributed by atoms with Gasteiger partial charge in [-0.05, 0) is 213 Å². The van der Waals surface area contributed by atoms with Crippen LogP contribution in [0.25, 0.3) is 219 Å². The summed E-state index contributed by atoms with van der Waals surface area (Å²) in [5.74, 6) is 0. The Morgan fingerprint density at radius 3 is 1.06 bits per heavy atom. The zero-order valence-corrected chi connectivity index (χ0v) is 56.2. The molecule has 0 saturated carbocycles. The second-order valence-corrected chi connectivity index (χ2v) is 26.5. The molecule has 0 fully saturated rings. The first-order chi connectivity index (χ1) is 60.9. The Morgan fingerprint density at radius 1 is 0.170 bits per heavy atom. The summed E-state index contributed by atoms with van der Waals surface area (Å²) >= 11 is 0. The van der Waals surface area contributed by atoms with Crippen LogP contribution in [0.2, 0.25) is 0 Å². The van der Waals surface area contributed by atoms with Crippen molar-refractivity contribution in [3.8, 4) is 89.0 Å². The van der Waals surface area contributed by atoms with Crippen LogP contribution in [0.3, 0.4) is 0 Å². The van der Waals surface area contributed by atoms with Crippen molar-refractivity contribution < 1.29 is 36.2 Å². The molecule has 2 nitrogen and oxygen atoms in total. The molecule has 22 rings (SSSR count). The molecule has 0 aliphatic rings. The summed E-state index contributed by atoms with van der Waals surface area (Å²) < 4.78 is 184. The summed E-state index contributed by atoms with van der Waals surface area (Å²) in [7, 11) is 0. The van der Waals surface area contributed by atoms with Crippen molar-refractivity contribution in [3.63, 3.8) is 0 Å². The summed E-state index contributed by atoms with van der Waals surface area (Å²) in [5.41, 5.74) is 12.3. The number of hydrogen-bond donors (Lipinski definition) is 0. The zero-order chi connectivity index (χ0) is 87.2. The van der Waals surface area contributed by atoms with Gasteiger partial charge < -0.3 is 8.83 Å². The highest BCUT2D eigenvalue weighted by Gasteiger charge is 2.24. The van der Waals surface area contributed by atoms with Crippen molar-refractivity contribution in [2.24, 2.45) is 0 Å². The molecule has 106 heavy (non-hydrogen) atoms. The molecule has 2 heterocycles. The number of furan rings is 2. The van der Waals surface area contributed by atoms with Gasteiger partial charge in [0.1, 0.15) is 22.3 Å². The first-order valence-electron chi connectivity index (χ1n) is 44.9. The topological polar surface area (TPSA) is 26.3 Å². The maximum atomic E-state index is 9.02. The minimum Gasteiger partial charge on any atom is -0.455 e. The van der Waals surface area contributed by atoms with Gasteiger partial charge in [0, 0.05) is 32.7 Å². The van der Waals surface area contributed by atoms with Crippen molar-refractivity contribution in [2.45, 2.75) is 0 Å². The number of para-hydroxylation sites is 2. The molecule has 0 atom stereocenters. The fraction of sp³-hybridized carbons (Fsp3) is 0. The number of fused-ring (bicyclic) bond motifs is 16. The Hall–Kier alpha value is -13.9. The van der Waals surface area contributed by atoms with Gasteiger partial charge >= 0.3 is 0 Å². The van der Waals surface area contributed by atoms with Gasteiger partial charge in [-0.15, -0.1) is 0 Å². The Morgan fingerprint density at radius 2 is 0.528 bits per heavy atom. The molecule has 20 aromatic carbocycles. The summed E-state index contributed by atoms with van der Waals surface area (Å²) in [6.45, 7) is 0. The van der Waals surface area contributed by atoms with E-state index < -0.39 is 48.3 Å². The van der Waals surface area contributed by atoms with Crippen LogP contribution in [0.1, 0.15) is 27.4 Å². The van der Waals surface area contributed by atoms with E-state index in [0.29, 0.717) is 44.6 Å². The van der Waals surface area contributed by atoms with E-state index >= 15 is 0 Å². The summed E-state index contributed by atoms with van der Waals surface area (Å²) in [6.07, 6.45) is 0. The normalized spacial score (nSPS) is 14.4. The zero-order valence-electron chi connectivity index (χ0n) is 76.2. The van der Waals surface area contributed by atoms with E-state index in [2.05, 4.69) is 78.9 Å². The van der Waals surface area contributed by atoms with Crippen LogP contribution in [-0.4, -0.2) is 0 Å². The highest BCUT2D eigenvalue weighted by atomic mass is 16.3. The molecule has 492 valence electrons. The molecule has 0 bridgehead atoms. The molecule has 0 amide bonds. The molecule has 0 aliphatic carbocycles. The van der Waals surface area contributed by atoms with Gasteiger partial charge in [-0.1, -0.05) is 339 Å². The Bertz CT molecular complexity index is 8400. The van der Waals surface area contributed by atoms with E-state index in [1.54, 1.807) is 18.2 Å². The number of rotatable bonds is 8. The van der Waals surface area contributed by atoms with E-state index in [9.17, 15) is 0 Å². The maximum absolute atomic E-state index is 9.02. The van der Waals surface area contributed by atoms with Crippen molar-refractivity contribution in [1.29, 1.82) is 0 Å². The highest BCUT2D eigenvalue weighted by molar-refractivity contribution is 6.26. The van der Waals surface area contributed by atoms with Crippen molar-refractivity contribution in [2.75, 3.05) is 0 Å². The van der Waals surface area contributed by atoms with Crippen LogP contribution >= 0.6 is 0 Å². The molecule has 0 unspecified atom stereocenters. The first kappa shape index (κ1) is 43.8. The van der Waals surface area contributed by atoms with Gasteiger partial charge in [-0.2, -0.15) is 0 Å². The SMILES string of the molecule is [2H]c1c([2H])c([2H])c(-c2c3ccccc3c(-c3ccc4c(-c5ccc6oc7c(-c8c([2H])c([2H])c([2H])c([2H])c8[2H])cccc7c6c5)cc5ccccc5c4c3)c3ccccc23)c([2H])c1[2H].[2H]c1c([2H])c([2H])c(-c2ccc3oc4c(-c5cc(-c6c7ccccc7c(-c7c([2H])c([2H])c([2H])c([2H])c7[2H])c7ccccc67)cc6c5ccc5ccccc56)cccc4c3c2)c([2H])c1[2H]. The predicted molar refractivity (Wildman–Crippen MR) is 451 cm³/mol. The van der Waals surface area contributed by atoms with Gasteiger partial charge in [0.05, 0.1) is 27.4 Å². The molecule has 22 aromatic rings. The summed E-state index contributed by atoms with van der Waals surface area (Å²) in [5, 5.41) is 18.0. The maximum Gasteiger partial charge on any atom is 0.143 e. The molecule has 0 spiro atoms. The Balaban J connectivity index is 0.000000154. The largest absolute Gasteiger partial charge is 0.455 e. The lowest BCUT2D eigenvalue weighted by molar-refractivity contribution is 0.669. The average Bonchev–Trinajstić information content (AvgIpc) is 0.861. The lowest BCUT2D eigenvalue weighted by Gasteiger charge is -2.19. The van der Waals surface area contributed by atoms with Crippen LogP contribution in [-0.2, 0) is 0 Å². The van der Waals surface area contributed by atoms with Crippen LogP contribution in [0.15, 0.2) is 397 Å². The standard InChI is InChI=1S/2C52H32O/c1-3-14-33(15-4-1)36-27-29-49-48(30-36)45-25-13-24-44(52(45)53-49)47-32-37(31-46-38-19-8-7-16-34(38)26-28-39(46)47)51-42-22-11-9-20-40(42)50(35-17-5-2-6-18-35)41-21-10-12-23-43(41)51;1-3-14-33(15-4-1)39-24-13-25-45-48-31-36(27-29-49(48)53-52(39)45)46-30-35-18-7-8-19-38(35)47-32-37(26-28-40(46)47)51-43-22-11-9-20-41(43)50(34-16-5-2-6-17-34)42-21-10-12-23-44(42)51/h2*1-32H/i1D,2D,3D,4D,5D,6D,14D,15D,17D,18D;1D,2D,3D,4D,5D,6D,14D,15D,16D,17D. The third-order valence-corrected chi connectivity index (χ3v) is 20.8. The molecule has 0 saturated heterocycles. The Labute approximate surface area is 640 Å². The number of benzene rings is 20. The minimum atomic E-state index is -0.448. The third kappa shape index (κ3) is 9.95. The second kappa shape index (κ2) is 25.0. The average molecular weight is 1370 g/mol. The van der Waals surface area contributed by atoms with Crippen LogP contribution in [0, 0.1) is 0 Å². The van der Waals surface area contributed by atoms with Crippen LogP contribution in [0.5, 0.6) is 0 Å². The highest BCUT2D eigenvalue weighted by Crippen LogP contribution is 2.50. The summed E-state index contributed by atoms with van der Waals surface area (Å²) in [4.78, 5) is 0. The molecule has 0 radical (unpaired) electrons. The van der Waals surface area contributed by atoms with E-state index in [-0.39, 0.29) is 94.8 Å². The molecular formula is C104H64O2. The fourth-order valence-corrected chi connectivity index (χ4v) is 16.3. The van der Waals surface area contributed by atoms with E-state index in [1.165, 1.54) is 0 Å². The van der Waals surface area contributed by atoms with Crippen LogP contribution < -0.4 is 0 Å². The third-order valence-electron chi connectivity index (χ3n) is 20.8. The number of hydrogen-bond acceptors (Lipinski definition) is 2. The van der Waals surface area contributed by atoms with E-state index in [1.807, 2.05) is 170 Å². The van der Waals surface area contributed by atoms with Crippen molar-refractivity contribution >= 4 is 130 Å². The van der Waals surface area contributed by atoms with Crippen molar-refractivity contribution in [3.05, 3.63) is 388 Å². The Kier molecular flexibility index (Phi) is 10.3. The van der Waals surface area contributed by atoms with E-state index in [4.69, 9.17) is 36.2 Å². The lowest BCUT2D eigenvalue weighted by Crippen LogP contribution is -1.92. The first-order valence-corrected chi connectivity index (χ1v) is 34.9. The van der Waals surface area contributed by atoms with Gasteiger partial charge in [0.2, 0.25) is 0 Å². The summed E-state index contributed by atoms with van der Waals surface area (Å²) in [6, 6.07) is 81.0. The quantitative estimate of drug-likeness (QED) is 0.112. The smallest absolute Gasteiger partial charge is 0.143 e. The molecule has 2 heteroatoms. The van der Waals surface area contributed by atoms with Gasteiger partial charge in [-0.25, -0.2) is 0 Å². The minimum absolute atomic E-state index is 0.0893.